The summed E-state index contributed by atoms with van der Waals surface area (Å²) in [5.41, 5.74) is 2.58. The summed E-state index contributed by atoms with van der Waals surface area (Å²) in [6, 6.07) is 6.65. The number of rotatable bonds is 4. The van der Waals surface area contributed by atoms with E-state index in [0.717, 1.165) is 16.8 Å². The van der Waals surface area contributed by atoms with E-state index in [1.165, 1.54) is 43.2 Å². The van der Waals surface area contributed by atoms with E-state index < -0.39 is 0 Å². The maximum absolute atomic E-state index is 6.01. The maximum atomic E-state index is 6.01. The Labute approximate surface area is 128 Å². The van der Waals surface area contributed by atoms with Crippen molar-refractivity contribution in [1.82, 2.24) is 0 Å². The number of hydrogen-bond donors (Lipinski definition) is 0. The van der Waals surface area contributed by atoms with Crippen molar-refractivity contribution in [2.24, 2.45) is 0 Å². The molecule has 1 aromatic rings. The van der Waals surface area contributed by atoms with Gasteiger partial charge in [0, 0.05) is 11.0 Å². The van der Waals surface area contributed by atoms with Crippen LogP contribution >= 0.6 is 11.8 Å². The zero-order chi connectivity index (χ0) is 14.6. The van der Waals surface area contributed by atoms with Crippen molar-refractivity contribution in [2.45, 2.75) is 76.4 Å². The Morgan fingerprint density at radius 2 is 1.80 bits per heavy atom. The van der Waals surface area contributed by atoms with Crippen LogP contribution < -0.4 is 4.74 Å². The summed E-state index contributed by atoms with van der Waals surface area (Å²) in [5, 5.41) is 0.872. The van der Waals surface area contributed by atoms with E-state index in [1.54, 1.807) is 0 Å². The van der Waals surface area contributed by atoms with Gasteiger partial charge in [-0.3, -0.25) is 0 Å². The Hall–Kier alpha value is -0.630. The largest absolute Gasteiger partial charge is 0.488 e. The van der Waals surface area contributed by atoms with Crippen LogP contribution in [-0.2, 0) is 5.75 Å². The Morgan fingerprint density at radius 1 is 1.10 bits per heavy atom. The fraction of sp³-hybridized carbons (Fsp3) is 0.667. The molecule has 0 aliphatic heterocycles. The summed E-state index contributed by atoms with van der Waals surface area (Å²) in [4.78, 5) is 0. The molecule has 1 nitrogen and oxygen atoms in total. The third-order valence-electron chi connectivity index (χ3n) is 3.57. The van der Waals surface area contributed by atoms with Crippen LogP contribution in [-0.4, -0.2) is 10.9 Å². The molecule has 0 spiro atoms. The molecule has 20 heavy (non-hydrogen) atoms. The molecule has 2 rings (SSSR count). The minimum Gasteiger partial charge on any atom is -0.488 e. The molecule has 0 saturated heterocycles. The van der Waals surface area contributed by atoms with Gasteiger partial charge in [0.05, 0.1) is 0 Å². The molecule has 0 radical (unpaired) electrons. The van der Waals surface area contributed by atoms with Crippen molar-refractivity contribution in [3.8, 4) is 5.75 Å². The molecule has 1 aliphatic rings. The summed E-state index contributed by atoms with van der Waals surface area (Å²) < 4.78 is 6.01. The number of hydrogen-bond acceptors (Lipinski definition) is 2. The molecule has 0 bridgehead atoms. The number of thioether (sulfide) groups is 1. The van der Waals surface area contributed by atoms with Gasteiger partial charge in [0.25, 0.3) is 0 Å². The third-order valence-corrected chi connectivity index (χ3v) is 5.02. The van der Waals surface area contributed by atoms with Gasteiger partial charge in [-0.15, -0.1) is 0 Å². The normalized spacial score (nSPS) is 17.2. The molecule has 0 heterocycles. The van der Waals surface area contributed by atoms with E-state index in [0.29, 0.717) is 0 Å². The highest BCUT2D eigenvalue weighted by Gasteiger charge is 2.15. The highest BCUT2D eigenvalue weighted by Crippen LogP contribution is 2.31. The number of benzene rings is 1. The highest BCUT2D eigenvalue weighted by molar-refractivity contribution is 7.99. The fourth-order valence-electron chi connectivity index (χ4n) is 2.77. The summed E-state index contributed by atoms with van der Waals surface area (Å²) >= 11 is 2.13. The lowest BCUT2D eigenvalue weighted by Gasteiger charge is -2.23. The molecule has 0 unspecified atom stereocenters. The Balaban J connectivity index is 1.96. The van der Waals surface area contributed by atoms with E-state index in [-0.39, 0.29) is 5.60 Å². The SMILES string of the molecule is Cc1cc(CSC2CCCCC2)cc(OC(C)(C)C)c1. The van der Waals surface area contributed by atoms with Crippen LogP contribution in [0.2, 0.25) is 0 Å². The van der Waals surface area contributed by atoms with E-state index >= 15 is 0 Å². The number of aryl methyl sites for hydroxylation is 1. The average molecular weight is 292 g/mol. The van der Waals surface area contributed by atoms with E-state index in [2.05, 4.69) is 57.7 Å². The first-order valence-corrected chi connectivity index (χ1v) is 8.88. The first kappa shape index (κ1) is 15.8. The minimum atomic E-state index is -0.123. The Kier molecular flexibility index (Phi) is 5.42. The van der Waals surface area contributed by atoms with Crippen molar-refractivity contribution in [3.05, 3.63) is 29.3 Å². The molecule has 0 N–H and O–H groups in total. The molecule has 112 valence electrons. The zero-order valence-electron chi connectivity index (χ0n) is 13.4. The van der Waals surface area contributed by atoms with Crippen LogP contribution in [0.1, 0.15) is 64.0 Å². The first-order chi connectivity index (χ1) is 9.42. The van der Waals surface area contributed by atoms with Gasteiger partial charge in [-0.05, 0) is 63.8 Å². The van der Waals surface area contributed by atoms with Crippen molar-refractivity contribution >= 4 is 11.8 Å². The summed E-state index contributed by atoms with van der Waals surface area (Å²) in [6.07, 6.45) is 7.09. The molecule has 0 aromatic heterocycles. The van der Waals surface area contributed by atoms with Crippen molar-refractivity contribution in [2.75, 3.05) is 0 Å². The zero-order valence-corrected chi connectivity index (χ0v) is 14.2. The van der Waals surface area contributed by atoms with Crippen LogP contribution in [0.15, 0.2) is 18.2 Å². The second kappa shape index (κ2) is 6.89. The molecular weight excluding hydrogens is 264 g/mol. The summed E-state index contributed by atoms with van der Waals surface area (Å²) in [7, 11) is 0. The van der Waals surface area contributed by atoms with Crippen molar-refractivity contribution < 1.29 is 4.74 Å². The van der Waals surface area contributed by atoms with Gasteiger partial charge >= 0.3 is 0 Å². The molecule has 1 aromatic carbocycles. The Morgan fingerprint density at radius 3 is 2.45 bits per heavy atom. The van der Waals surface area contributed by atoms with Gasteiger partial charge in [-0.2, -0.15) is 11.8 Å². The van der Waals surface area contributed by atoms with Gasteiger partial charge in [0.2, 0.25) is 0 Å². The number of ether oxygens (including phenoxy) is 1. The monoisotopic (exact) mass is 292 g/mol. The lowest BCUT2D eigenvalue weighted by atomic mass is 10.0. The van der Waals surface area contributed by atoms with E-state index in [4.69, 9.17) is 4.74 Å². The van der Waals surface area contributed by atoms with Gasteiger partial charge in [-0.1, -0.05) is 25.3 Å². The van der Waals surface area contributed by atoms with Crippen LogP contribution in [0.4, 0.5) is 0 Å². The van der Waals surface area contributed by atoms with E-state index in [9.17, 15) is 0 Å². The summed E-state index contributed by atoms with van der Waals surface area (Å²) in [6.45, 7) is 8.47. The van der Waals surface area contributed by atoms with E-state index in [1.807, 2.05) is 0 Å². The van der Waals surface area contributed by atoms with Crippen LogP contribution in [0.25, 0.3) is 0 Å². The van der Waals surface area contributed by atoms with Gasteiger partial charge < -0.3 is 4.74 Å². The fourth-order valence-corrected chi connectivity index (χ4v) is 4.03. The molecule has 0 amide bonds. The quantitative estimate of drug-likeness (QED) is 0.700. The standard InChI is InChI=1S/C18H28OS/c1-14-10-15(12-16(11-14)19-18(2,3)4)13-20-17-8-6-5-7-9-17/h10-12,17H,5-9,13H2,1-4H3. The van der Waals surface area contributed by atoms with Gasteiger partial charge in [0.15, 0.2) is 0 Å². The lowest BCUT2D eigenvalue weighted by Crippen LogP contribution is -2.23. The second-order valence-electron chi connectivity index (χ2n) is 6.94. The van der Waals surface area contributed by atoms with Crippen LogP contribution in [0.5, 0.6) is 5.75 Å². The van der Waals surface area contributed by atoms with Gasteiger partial charge in [0.1, 0.15) is 11.4 Å². The smallest absolute Gasteiger partial charge is 0.120 e. The lowest BCUT2D eigenvalue weighted by molar-refractivity contribution is 0.131. The highest BCUT2D eigenvalue weighted by atomic mass is 32.2. The van der Waals surface area contributed by atoms with Gasteiger partial charge in [-0.25, -0.2) is 0 Å². The van der Waals surface area contributed by atoms with Crippen molar-refractivity contribution in [3.63, 3.8) is 0 Å². The molecule has 2 heteroatoms. The van der Waals surface area contributed by atoms with Crippen LogP contribution in [0.3, 0.4) is 0 Å². The average Bonchev–Trinajstić information content (AvgIpc) is 2.35. The van der Waals surface area contributed by atoms with Crippen molar-refractivity contribution in [1.29, 1.82) is 0 Å². The topological polar surface area (TPSA) is 9.23 Å². The molecule has 1 aliphatic carbocycles. The second-order valence-corrected chi connectivity index (χ2v) is 8.23. The third kappa shape index (κ3) is 5.40. The molecular formula is C18H28OS. The van der Waals surface area contributed by atoms with Crippen LogP contribution in [0, 0.1) is 6.92 Å². The molecule has 0 atom stereocenters. The minimum absolute atomic E-state index is 0.123. The summed E-state index contributed by atoms with van der Waals surface area (Å²) in [5.74, 6) is 2.13. The Bertz CT molecular complexity index is 428. The first-order valence-electron chi connectivity index (χ1n) is 7.83. The molecule has 1 fully saturated rings. The molecule has 1 saturated carbocycles. The predicted octanol–water partition coefficient (Wildman–Crippen LogP) is 5.74. The maximum Gasteiger partial charge on any atom is 0.120 e. The predicted molar refractivity (Wildman–Crippen MR) is 89.7 cm³/mol.